The predicted molar refractivity (Wildman–Crippen MR) is 95.9 cm³/mol. The van der Waals surface area contributed by atoms with Gasteiger partial charge in [0.15, 0.2) is 0 Å². The van der Waals surface area contributed by atoms with E-state index in [1.165, 1.54) is 14.2 Å². The average Bonchev–Trinajstić information content (AvgIpc) is 2.84. The Morgan fingerprint density at radius 3 is 2.11 bits per heavy atom. The molecule has 0 aliphatic heterocycles. The first-order valence-corrected chi connectivity index (χ1v) is 9.93. The lowest BCUT2D eigenvalue weighted by Crippen LogP contribution is -2.30. The second-order valence-electron chi connectivity index (χ2n) is 4.81. The van der Waals surface area contributed by atoms with Crippen LogP contribution in [0.3, 0.4) is 0 Å². The second kappa shape index (κ2) is 7.39. The van der Waals surface area contributed by atoms with Crippen LogP contribution >= 0.6 is 59.1 Å². The van der Waals surface area contributed by atoms with Crippen molar-refractivity contribution in [3.05, 3.63) is 56.7 Å². The molecule has 0 saturated heterocycles. The molecule has 0 aliphatic rings. The van der Waals surface area contributed by atoms with Crippen LogP contribution in [0.1, 0.15) is 10.4 Å². The fourth-order valence-corrected chi connectivity index (χ4v) is 5.51. The Bertz CT molecular complexity index is 503. The molecular weight excluding hydrogens is 452 g/mol. The molecule has 102 valence electrons. The molecule has 2 rings (SSSR count). The van der Waals surface area contributed by atoms with Crippen LogP contribution in [0.2, 0.25) is 0 Å². The highest BCUT2D eigenvalue weighted by atomic mass is 79.9. The summed E-state index contributed by atoms with van der Waals surface area (Å²) < 4.78 is 1.21. The van der Waals surface area contributed by atoms with Gasteiger partial charge < -0.3 is 0 Å². The molecule has 1 aromatic carbocycles. The molecule has 0 atom stereocenters. The highest BCUT2D eigenvalue weighted by Crippen LogP contribution is 2.35. The van der Waals surface area contributed by atoms with Crippen LogP contribution in [0, 0.1) is 5.41 Å². The van der Waals surface area contributed by atoms with Gasteiger partial charge >= 0.3 is 0 Å². The molecule has 0 unspecified atom stereocenters. The predicted octanol–water partition coefficient (Wildman–Crippen LogP) is 6.07. The number of rotatable bonds is 6. The lowest BCUT2D eigenvalue weighted by atomic mass is 9.82. The van der Waals surface area contributed by atoms with E-state index in [1.807, 2.05) is 11.3 Å². The van der Waals surface area contributed by atoms with Crippen molar-refractivity contribution in [2.75, 3.05) is 10.7 Å². The summed E-state index contributed by atoms with van der Waals surface area (Å²) in [4.78, 5) is 1.43. The van der Waals surface area contributed by atoms with Gasteiger partial charge in [0, 0.05) is 15.5 Å². The van der Waals surface area contributed by atoms with Gasteiger partial charge in [0.2, 0.25) is 0 Å². The zero-order valence-corrected chi connectivity index (χ0v) is 16.0. The van der Waals surface area contributed by atoms with Crippen molar-refractivity contribution in [1.82, 2.24) is 0 Å². The third-order valence-electron chi connectivity index (χ3n) is 3.17. The highest BCUT2D eigenvalue weighted by Gasteiger charge is 2.29. The van der Waals surface area contributed by atoms with Crippen LogP contribution in [0.15, 0.2) is 46.3 Å². The summed E-state index contributed by atoms with van der Waals surface area (Å²) >= 11 is 12.8. The minimum atomic E-state index is 0.228. The number of halogens is 3. The Balaban J connectivity index is 2.17. The van der Waals surface area contributed by atoms with Gasteiger partial charge in [-0.15, -0.1) is 11.3 Å². The molecule has 1 heterocycles. The van der Waals surface area contributed by atoms with Crippen LogP contribution in [-0.4, -0.2) is 10.7 Å². The third kappa shape index (κ3) is 4.42. The largest absolute Gasteiger partial charge is 0.133 e. The molecule has 0 N–H and O–H groups in total. The van der Waals surface area contributed by atoms with Gasteiger partial charge in [-0.2, -0.15) is 0 Å². The first-order valence-electron chi connectivity index (χ1n) is 6.07. The maximum Gasteiger partial charge on any atom is 0.0701 e. The molecule has 0 aliphatic carbocycles. The van der Waals surface area contributed by atoms with Crippen molar-refractivity contribution in [2.24, 2.45) is 5.41 Å². The lowest BCUT2D eigenvalue weighted by molar-refractivity contribution is 0.389. The van der Waals surface area contributed by atoms with Gasteiger partial charge in [0.05, 0.1) is 3.79 Å². The molecule has 2 aromatic rings. The van der Waals surface area contributed by atoms with E-state index in [0.717, 1.165) is 23.5 Å². The van der Waals surface area contributed by atoms with E-state index in [2.05, 4.69) is 90.3 Å². The quantitative estimate of drug-likeness (QED) is 0.453. The molecule has 19 heavy (non-hydrogen) atoms. The Labute approximate surface area is 144 Å². The van der Waals surface area contributed by atoms with Crippen LogP contribution in [0.4, 0.5) is 0 Å². The monoisotopic (exact) mass is 464 g/mol. The normalized spacial score (nSPS) is 11.7. The number of benzene rings is 1. The first-order chi connectivity index (χ1) is 9.17. The van der Waals surface area contributed by atoms with Crippen molar-refractivity contribution in [3.8, 4) is 0 Å². The molecule has 0 nitrogen and oxygen atoms in total. The summed E-state index contributed by atoms with van der Waals surface area (Å²) in [5.74, 6) is 0. The van der Waals surface area contributed by atoms with Crippen LogP contribution in [0.25, 0.3) is 0 Å². The Morgan fingerprint density at radius 2 is 1.58 bits per heavy atom. The van der Waals surface area contributed by atoms with Crippen molar-refractivity contribution in [2.45, 2.75) is 12.8 Å². The number of hydrogen-bond acceptors (Lipinski definition) is 1. The van der Waals surface area contributed by atoms with E-state index in [4.69, 9.17) is 0 Å². The molecule has 0 amide bonds. The number of thiophene rings is 1. The fraction of sp³-hybridized carbons (Fsp3) is 0.333. The summed E-state index contributed by atoms with van der Waals surface area (Å²) in [5.41, 5.74) is 1.63. The van der Waals surface area contributed by atoms with E-state index >= 15 is 0 Å². The topological polar surface area (TPSA) is 0 Å². The van der Waals surface area contributed by atoms with Crippen molar-refractivity contribution in [3.63, 3.8) is 0 Å². The Hall–Kier alpha value is 0.360. The average molecular weight is 467 g/mol. The highest BCUT2D eigenvalue weighted by molar-refractivity contribution is 9.11. The molecular formula is C15H15Br3S. The van der Waals surface area contributed by atoms with Gasteiger partial charge in [0.25, 0.3) is 0 Å². The molecule has 0 bridgehead atoms. The van der Waals surface area contributed by atoms with E-state index in [-0.39, 0.29) is 5.41 Å². The summed E-state index contributed by atoms with van der Waals surface area (Å²) in [6.45, 7) is 0. The molecule has 0 saturated carbocycles. The minimum absolute atomic E-state index is 0.228. The molecule has 0 fully saturated rings. The second-order valence-corrected chi connectivity index (χ2v) is 8.48. The summed E-state index contributed by atoms with van der Waals surface area (Å²) in [6.07, 6.45) is 2.18. The van der Waals surface area contributed by atoms with Crippen LogP contribution < -0.4 is 0 Å². The molecule has 0 spiro atoms. The minimum Gasteiger partial charge on any atom is -0.133 e. The smallest absolute Gasteiger partial charge is 0.0701 e. The van der Waals surface area contributed by atoms with Crippen molar-refractivity contribution in [1.29, 1.82) is 0 Å². The first kappa shape index (κ1) is 15.7. The van der Waals surface area contributed by atoms with Gasteiger partial charge in [-0.05, 0) is 51.9 Å². The zero-order valence-electron chi connectivity index (χ0n) is 10.4. The van der Waals surface area contributed by atoms with E-state index < -0.39 is 0 Å². The summed E-state index contributed by atoms with van der Waals surface area (Å²) in [6, 6.07) is 15.1. The van der Waals surface area contributed by atoms with Gasteiger partial charge in [-0.1, -0.05) is 62.2 Å². The van der Waals surface area contributed by atoms with Gasteiger partial charge in [-0.25, -0.2) is 0 Å². The molecule has 0 radical (unpaired) electrons. The van der Waals surface area contributed by atoms with Gasteiger partial charge in [-0.3, -0.25) is 0 Å². The summed E-state index contributed by atoms with van der Waals surface area (Å²) in [5, 5.41) is 1.99. The number of alkyl halides is 2. The van der Waals surface area contributed by atoms with E-state index in [9.17, 15) is 0 Å². The Kier molecular flexibility index (Phi) is 6.12. The van der Waals surface area contributed by atoms with Crippen LogP contribution in [0.5, 0.6) is 0 Å². The Morgan fingerprint density at radius 1 is 0.895 bits per heavy atom. The van der Waals surface area contributed by atoms with E-state index in [1.54, 1.807) is 0 Å². The van der Waals surface area contributed by atoms with Crippen LogP contribution in [-0.2, 0) is 12.8 Å². The number of hydrogen-bond donors (Lipinski definition) is 0. The SMILES string of the molecule is BrCC(CBr)(Cc1ccccc1)Cc1ccc(Br)s1. The molecule has 1 aromatic heterocycles. The molecule has 4 heteroatoms. The van der Waals surface area contributed by atoms with Crippen molar-refractivity contribution >= 4 is 59.1 Å². The zero-order chi connectivity index (χ0) is 13.7. The third-order valence-corrected chi connectivity index (χ3v) is 7.17. The summed E-state index contributed by atoms with van der Waals surface area (Å²) in [7, 11) is 0. The van der Waals surface area contributed by atoms with Crippen molar-refractivity contribution < 1.29 is 0 Å². The maximum absolute atomic E-state index is 3.72. The van der Waals surface area contributed by atoms with E-state index in [0.29, 0.717) is 0 Å². The fourth-order valence-electron chi connectivity index (χ4n) is 2.13. The lowest BCUT2D eigenvalue weighted by Gasteiger charge is -2.30. The standard InChI is InChI=1S/C15H15Br3S/c16-10-15(11-17,8-12-4-2-1-3-5-12)9-13-6-7-14(18)19-13/h1-7H,8-11H2. The maximum atomic E-state index is 3.72. The van der Waals surface area contributed by atoms with Gasteiger partial charge in [0.1, 0.15) is 0 Å².